The molecule has 7 nitrogen and oxygen atoms in total. The van der Waals surface area contributed by atoms with Crippen LogP contribution in [0, 0.1) is 17.2 Å². The molecular formula is C19H23N5O2. The molecule has 0 bridgehead atoms. The molecule has 26 heavy (non-hydrogen) atoms. The molecule has 2 aliphatic rings. The van der Waals surface area contributed by atoms with E-state index in [0.29, 0.717) is 36.2 Å². The Bertz CT molecular complexity index is 890. The predicted molar refractivity (Wildman–Crippen MR) is 93.4 cm³/mol. The molecule has 0 spiro atoms. The molecule has 0 radical (unpaired) electrons. The molecule has 2 aromatic heterocycles. The van der Waals surface area contributed by atoms with Crippen LogP contribution < -0.4 is 0 Å². The van der Waals surface area contributed by atoms with Gasteiger partial charge in [-0.05, 0) is 24.8 Å². The van der Waals surface area contributed by atoms with Crippen LogP contribution in [0.1, 0.15) is 66.8 Å². The summed E-state index contributed by atoms with van der Waals surface area (Å²) in [5, 5.41) is 13.2. The normalized spacial score (nSPS) is 24.9. The Kier molecular flexibility index (Phi) is 3.87. The number of hydrogen-bond acceptors (Lipinski definition) is 5. The van der Waals surface area contributed by atoms with E-state index < -0.39 is 0 Å². The van der Waals surface area contributed by atoms with Crippen molar-refractivity contribution in [2.45, 2.75) is 44.4 Å². The highest BCUT2D eigenvalue weighted by Gasteiger charge is 2.55. The number of amides is 1. The summed E-state index contributed by atoms with van der Waals surface area (Å²) in [6, 6.07) is 3.75. The van der Waals surface area contributed by atoms with Crippen molar-refractivity contribution in [1.82, 2.24) is 19.6 Å². The number of carbonyl (C=O) groups is 1. The number of carbonyl (C=O) groups excluding carboxylic acids is 1. The second-order valence-corrected chi connectivity index (χ2v) is 7.88. The molecule has 1 amide bonds. The van der Waals surface area contributed by atoms with E-state index in [1.165, 1.54) is 0 Å². The molecule has 3 heterocycles. The van der Waals surface area contributed by atoms with Crippen LogP contribution in [-0.4, -0.2) is 38.6 Å². The Hall–Kier alpha value is -2.62. The van der Waals surface area contributed by atoms with Crippen LogP contribution in [0.5, 0.6) is 0 Å². The highest BCUT2D eigenvalue weighted by Crippen LogP contribution is 2.50. The van der Waals surface area contributed by atoms with Crippen molar-refractivity contribution < 1.29 is 9.32 Å². The van der Waals surface area contributed by atoms with Crippen LogP contribution >= 0.6 is 0 Å². The van der Waals surface area contributed by atoms with Crippen molar-refractivity contribution in [1.29, 1.82) is 5.26 Å². The van der Waals surface area contributed by atoms with E-state index in [-0.39, 0.29) is 17.2 Å². The standard InChI is InChI=1S/C19H23N5O2/c1-12(2)16-21-18(26-22-16)19-6-4-5-14(19)10-24(11-19)17(25)15-7-13(8-20)9-23(15)3/h7,9,12,14H,4-6,10-11H2,1-3H3/t14-,19-/m1/s1. The lowest BCUT2D eigenvalue weighted by Crippen LogP contribution is -2.35. The van der Waals surface area contributed by atoms with Crippen molar-refractivity contribution in [3.8, 4) is 6.07 Å². The Morgan fingerprint density at radius 2 is 2.31 bits per heavy atom. The van der Waals surface area contributed by atoms with Gasteiger partial charge in [-0.3, -0.25) is 4.79 Å². The maximum Gasteiger partial charge on any atom is 0.270 e. The summed E-state index contributed by atoms with van der Waals surface area (Å²) in [6.07, 6.45) is 4.85. The minimum absolute atomic E-state index is 0.0358. The zero-order chi connectivity index (χ0) is 18.5. The number of nitrogens with zero attached hydrogens (tertiary/aromatic N) is 5. The van der Waals surface area contributed by atoms with Gasteiger partial charge in [0.15, 0.2) is 5.82 Å². The topological polar surface area (TPSA) is 88.0 Å². The smallest absolute Gasteiger partial charge is 0.270 e. The van der Waals surface area contributed by atoms with Crippen molar-refractivity contribution in [3.63, 3.8) is 0 Å². The number of nitriles is 1. The number of aromatic nitrogens is 3. The summed E-state index contributed by atoms with van der Waals surface area (Å²) >= 11 is 0. The van der Waals surface area contributed by atoms with Gasteiger partial charge in [0.2, 0.25) is 5.89 Å². The quantitative estimate of drug-likeness (QED) is 0.846. The third-order valence-electron chi connectivity index (χ3n) is 5.90. The number of fused-ring (bicyclic) bond motifs is 1. The molecule has 2 atom stereocenters. The summed E-state index contributed by atoms with van der Waals surface area (Å²) in [5.41, 5.74) is 0.826. The van der Waals surface area contributed by atoms with Crippen molar-refractivity contribution in [2.75, 3.05) is 13.1 Å². The molecule has 2 fully saturated rings. The number of hydrogen-bond donors (Lipinski definition) is 0. The van der Waals surface area contributed by atoms with Crippen molar-refractivity contribution in [2.24, 2.45) is 13.0 Å². The van der Waals surface area contributed by atoms with Gasteiger partial charge in [0.25, 0.3) is 5.91 Å². The molecule has 136 valence electrons. The first-order valence-corrected chi connectivity index (χ1v) is 9.14. The Morgan fingerprint density at radius 1 is 1.50 bits per heavy atom. The van der Waals surface area contributed by atoms with Crippen LogP contribution in [0.25, 0.3) is 0 Å². The van der Waals surface area contributed by atoms with E-state index >= 15 is 0 Å². The van der Waals surface area contributed by atoms with Gasteiger partial charge in [-0.15, -0.1) is 0 Å². The SMILES string of the molecule is CC(C)c1noc([C@@]23CCC[C@@H]2CN(C(=O)c2cc(C#N)cn2C)C3)n1. The minimum atomic E-state index is -0.223. The van der Waals surface area contributed by atoms with E-state index in [9.17, 15) is 4.79 Å². The van der Waals surface area contributed by atoms with Gasteiger partial charge in [0, 0.05) is 32.3 Å². The molecule has 0 unspecified atom stereocenters. The third-order valence-corrected chi connectivity index (χ3v) is 5.90. The summed E-state index contributed by atoms with van der Waals surface area (Å²) in [4.78, 5) is 19.6. The van der Waals surface area contributed by atoms with E-state index in [0.717, 1.165) is 25.1 Å². The summed E-state index contributed by atoms with van der Waals surface area (Å²) in [5.74, 6) is 1.94. The molecule has 0 N–H and O–H groups in total. The summed E-state index contributed by atoms with van der Waals surface area (Å²) in [6.45, 7) is 5.39. The molecule has 0 aromatic carbocycles. The van der Waals surface area contributed by atoms with Crippen LogP contribution in [0.15, 0.2) is 16.8 Å². The van der Waals surface area contributed by atoms with E-state index in [2.05, 4.69) is 16.2 Å². The van der Waals surface area contributed by atoms with E-state index in [1.54, 1.807) is 23.9 Å². The van der Waals surface area contributed by atoms with Gasteiger partial charge in [-0.1, -0.05) is 25.4 Å². The van der Waals surface area contributed by atoms with Crippen molar-refractivity contribution in [3.05, 3.63) is 35.2 Å². The number of aryl methyl sites for hydroxylation is 1. The highest BCUT2D eigenvalue weighted by molar-refractivity contribution is 5.93. The Labute approximate surface area is 152 Å². The first kappa shape index (κ1) is 16.8. The zero-order valence-electron chi connectivity index (χ0n) is 15.4. The fourth-order valence-corrected chi connectivity index (χ4v) is 4.47. The third kappa shape index (κ3) is 2.44. The lowest BCUT2D eigenvalue weighted by molar-refractivity contribution is 0.0765. The average Bonchev–Trinajstić information content (AvgIpc) is 3.35. The Balaban J connectivity index is 1.63. The van der Waals surface area contributed by atoms with Gasteiger partial charge in [0.05, 0.1) is 11.0 Å². The fraction of sp³-hybridized carbons (Fsp3) is 0.579. The Morgan fingerprint density at radius 3 is 2.96 bits per heavy atom. The minimum Gasteiger partial charge on any atom is -0.345 e. The second kappa shape index (κ2) is 5.97. The second-order valence-electron chi connectivity index (χ2n) is 7.88. The van der Waals surface area contributed by atoms with Gasteiger partial charge >= 0.3 is 0 Å². The van der Waals surface area contributed by atoms with Gasteiger partial charge < -0.3 is 14.0 Å². The zero-order valence-corrected chi connectivity index (χ0v) is 15.4. The molecule has 4 rings (SSSR count). The average molecular weight is 353 g/mol. The summed E-state index contributed by atoms with van der Waals surface area (Å²) < 4.78 is 7.37. The largest absolute Gasteiger partial charge is 0.345 e. The van der Waals surface area contributed by atoms with E-state index in [1.807, 2.05) is 18.7 Å². The van der Waals surface area contributed by atoms with Gasteiger partial charge in [0.1, 0.15) is 11.8 Å². The molecule has 1 aliphatic heterocycles. The van der Waals surface area contributed by atoms with Gasteiger partial charge in [-0.2, -0.15) is 10.2 Å². The van der Waals surface area contributed by atoms with Crippen LogP contribution in [0.2, 0.25) is 0 Å². The first-order chi connectivity index (χ1) is 12.4. The molecule has 1 saturated carbocycles. The van der Waals surface area contributed by atoms with Crippen LogP contribution in [0.4, 0.5) is 0 Å². The number of likely N-dealkylation sites (tertiary alicyclic amines) is 1. The molecule has 2 aromatic rings. The van der Waals surface area contributed by atoms with Crippen molar-refractivity contribution >= 4 is 5.91 Å². The maximum absolute atomic E-state index is 13.0. The molecular weight excluding hydrogens is 330 g/mol. The molecule has 7 heteroatoms. The maximum atomic E-state index is 13.0. The van der Waals surface area contributed by atoms with Crippen LogP contribution in [-0.2, 0) is 12.5 Å². The van der Waals surface area contributed by atoms with Gasteiger partial charge in [-0.25, -0.2) is 0 Å². The molecule has 1 aliphatic carbocycles. The lowest BCUT2D eigenvalue weighted by atomic mass is 9.80. The first-order valence-electron chi connectivity index (χ1n) is 9.14. The molecule has 1 saturated heterocycles. The monoisotopic (exact) mass is 353 g/mol. The lowest BCUT2D eigenvalue weighted by Gasteiger charge is -2.24. The number of rotatable bonds is 3. The fourth-order valence-electron chi connectivity index (χ4n) is 4.47. The highest BCUT2D eigenvalue weighted by atomic mass is 16.5. The van der Waals surface area contributed by atoms with E-state index in [4.69, 9.17) is 9.78 Å². The predicted octanol–water partition coefficient (Wildman–Crippen LogP) is 2.60. The van der Waals surface area contributed by atoms with Crippen LogP contribution in [0.3, 0.4) is 0 Å². The summed E-state index contributed by atoms with van der Waals surface area (Å²) in [7, 11) is 1.80.